The maximum atomic E-state index is 12.2. The molecule has 0 radical (unpaired) electrons. The fourth-order valence-corrected chi connectivity index (χ4v) is 2.17. The highest BCUT2D eigenvalue weighted by Crippen LogP contribution is 2.30. The van der Waals surface area contributed by atoms with Gasteiger partial charge in [-0.25, -0.2) is 9.97 Å². The van der Waals surface area contributed by atoms with Gasteiger partial charge in [0.2, 0.25) is 11.9 Å². The van der Waals surface area contributed by atoms with Crippen LogP contribution in [-0.2, 0) is 4.79 Å². The zero-order valence-corrected chi connectivity index (χ0v) is 10.4. The molecule has 1 aromatic rings. The van der Waals surface area contributed by atoms with Crippen LogP contribution in [0.3, 0.4) is 0 Å². The Labute approximate surface area is 105 Å². The molecule has 1 saturated heterocycles. The number of aromatic nitrogens is 2. The average Bonchev–Trinajstić information content (AvgIpc) is 2.78. The normalized spacial score (nSPS) is 23.6. The van der Waals surface area contributed by atoms with E-state index in [2.05, 4.69) is 20.6 Å². The highest BCUT2D eigenvalue weighted by Gasteiger charge is 2.39. The zero-order valence-electron chi connectivity index (χ0n) is 9.66. The fraction of sp³-hybridized carbons (Fsp3) is 0.545. The molecule has 0 aliphatic carbocycles. The average molecular weight is 255 g/mol. The Hall–Kier alpha value is -1.20. The van der Waals surface area contributed by atoms with Crippen molar-refractivity contribution in [1.82, 2.24) is 15.3 Å². The van der Waals surface area contributed by atoms with Gasteiger partial charge in [-0.1, -0.05) is 18.5 Å². The summed E-state index contributed by atoms with van der Waals surface area (Å²) in [7, 11) is 0. The van der Waals surface area contributed by atoms with E-state index in [0.717, 1.165) is 19.4 Å². The molecule has 0 spiro atoms. The molecule has 1 aromatic heterocycles. The molecule has 92 valence electrons. The van der Waals surface area contributed by atoms with Crippen LogP contribution in [0.2, 0.25) is 5.15 Å². The lowest BCUT2D eigenvalue weighted by molar-refractivity contribution is -0.124. The van der Waals surface area contributed by atoms with Crippen molar-refractivity contribution in [2.75, 3.05) is 18.4 Å². The van der Waals surface area contributed by atoms with Gasteiger partial charge in [0.15, 0.2) is 0 Å². The van der Waals surface area contributed by atoms with Gasteiger partial charge < -0.3 is 5.32 Å². The van der Waals surface area contributed by atoms with Gasteiger partial charge in [0, 0.05) is 12.7 Å². The second-order valence-corrected chi connectivity index (χ2v) is 4.61. The van der Waals surface area contributed by atoms with Crippen LogP contribution in [0.4, 0.5) is 5.95 Å². The van der Waals surface area contributed by atoms with Gasteiger partial charge in [0.25, 0.3) is 0 Å². The molecule has 1 unspecified atom stereocenters. The lowest BCUT2D eigenvalue weighted by Crippen LogP contribution is -2.38. The SMILES string of the molecule is CCC1(C(=O)Nc2nccc(Cl)n2)CCNC1. The lowest BCUT2D eigenvalue weighted by Gasteiger charge is -2.24. The minimum Gasteiger partial charge on any atom is -0.316 e. The van der Waals surface area contributed by atoms with Crippen LogP contribution in [0.1, 0.15) is 19.8 Å². The number of nitrogens with one attached hydrogen (secondary N) is 2. The molecular weight excluding hydrogens is 240 g/mol. The maximum absolute atomic E-state index is 12.2. The van der Waals surface area contributed by atoms with E-state index in [0.29, 0.717) is 11.7 Å². The molecule has 0 saturated carbocycles. The first-order valence-corrected chi connectivity index (χ1v) is 6.05. The number of hydrogen-bond donors (Lipinski definition) is 2. The number of carbonyl (C=O) groups is 1. The third kappa shape index (κ3) is 2.56. The first kappa shape index (κ1) is 12.3. The second-order valence-electron chi connectivity index (χ2n) is 4.22. The molecule has 1 atom stereocenters. The molecule has 2 rings (SSSR count). The van der Waals surface area contributed by atoms with Crippen molar-refractivity contribution in [2.24, 2.45) is 5.41 Å². The number of amides is 1. The molecule has 1 aliphatic rings. The summed E-state index contributed by atoms with van der Waals surface area (Å²) in [5.74, 6) is 0.231. The lowest BCUT2D eigenvalue weighted by atomic mass is 9.83. The predicted molar refractivity (Wildman–Crippen MR) is 65.9 cm³/mol. The number of rotatable bonds is 3. The van der Waals surface area contributed by atoms with Crippen LogP contribution in [0.5, 0.6) is 0 Å². The molecule has 0 aromatic carbocycles. The number of carbonyl (C=O) groups excluding carboxylic acids is 1. The van der Waals surface area contributed by atoms with Gasteiger partial charge in [0.05, 0.1) is 5.41 Å². The molecule has 0 bridgehead atoms. The largest absolute Gasteiger partial charge is 0.316 e. The Morgan fingerprint density at radius 1 is 1.71 bits per heavy atom. The van der Waals surface area contributed by atoms with E-state index in [4.69, 9.17) is 11.6 Å². The molecule has 17 heavy (non-hydrogen) atoms. The van der Waals surface area contributed by atoms with E-state index < -0.39 is 0 Å². The monoisotopic (exact) mass is 254 g/mol. The highest BCUT2D eigenvalue weighted by atomic mass is 35.5. The van der Waals surface area contributed by atoms with Gasteiger partial charge in [-0.2, -0.15) is 0 Å². The first-order chi connectivity index (χ1) is 8.16. The summed E-state index contributed by atoms with van der Waals surface area (Å²) in [4.78, 5) is 20.1. The first-order valence-electron chi connectivity index (χ1n) is 5.67. The van der Waals surface area contributed by atoms with Crippen LogP contribution in [0, 0.1) is 5.41 Å². The van der Waals surface area contributed by atoms with Crippen LogP contribution in [0.15, 0.2) is 12.3 Å². The summed E-state index contributed by atoms with van der Waals surface area (Å²) in [5, 5.41) is 6.27. The van der Waals surface area contributed by atoms with Crippen LogP contribution >= 0.6 is 11.6 Å². The van der Waals surface area contributed by atoms with Crippen molar-refractivity contribution in [1.29, 1.82) is 0 Å². The Morgan fingerprint density at radius 2 is 2.53 bits per heavy atom. The Bertz CT molecular complexity index is 418. The van der Waals surface area contributed by atoms with Crippen LogP contribution in [-0.4, -0.2) is 29.0 Å². The van der Waals surface area contributed by atoms with E-state index in [1.807, 2.05) is 6.92 Å². The molecule has 6 heteroatoms. The molecule has 1 aliphatic heterocycles. The molecule has 2 heterocycles. The number of hydrogen-bond acceptors (Lipinski definition) is 4. The summed E-state index contributed by atoms with van der Waals surface area (Å²) >= 11 is 5.74. The van der Waals surface area contributed by atoms with Crippen LogP contribution < -0.4 is 10.6 Å². The topological polar surface area (TPSA) is 66.9 Å². The van der Waals surface area contributed by atoms with Crippen molar-refractivity contribution >= 4 is 23.5 Å². The van der Waals surface area contributed by atoms with Crippen molar-refractivity contribution in [3.8, 4) is 0 Å². The Balaban J connectivity index is 2.10. The van der Waals surface area contributed by atoms with E-state index in [1.165, 1.54) is 6.20 Å². The van der Waals surface area contributed by atoms with Crippen molar-refractivity contribution in [3.05, 3.63) is 17.4 Å². The summed E-state index contributed by atoms with van der Waals surface area (Å²) in [6.45, 7) is 3.60. The van der Waals surface area contributed by atoms with Crippen molar-refractivity contribution in [2.45, 2.75) is 19.8 Å². The minimum absolute atomic E-state index is 0.0349. The van der Waals surface area contributed by atoms with E-state index >= 15 is 0 Å². The Morgan fingerprint density at radius 3 is 3.12 bits per heavy atom. The molecule has 5 nitrogen and oxygen atoms in total. The number of nitrogens with zero attached hydrogens (tertiary/aromatic N) is 2. The highest BCUT2D eigenvalue weighted by molar-refractivity contribution is 6.29. The predicted octanol–water partition coefficient (Wildman–Crippen LogP) is 1.46. The van der Waals surface area contributed by atoms with E-state index in [-0.39, 0.29) is 17.3 Å². The summed E-state index contributed by atoms with van der Waals surface area (Å²) in [6, 6.07) is 1.57. The standard InChI is InChI=1S/C11H15ClN4O/c1-2-11(4-6-13-7-11)9(17)16-10-14-5-3-8(12)15-10/h3,5,13H,2,4,6-7H2,1H3,(H,14,15,16,17). The van der Waals surface area contributed by atoms with Gasteiger partial charge in [0.1, 0.15) is 5.15 Å². The van der Waals surface area contributed by atoms with Gasteiger partial charge in [-0.3, -0.25) is 10.1 Å². The quantitative estimate of drug-likeness (QED) is 0.802. The van der Waals surface area contributed by atoms with Gasteiger partial charge in [-0.15, -0.1) is 0 Å². The molecule has 1 amide bonds. The summed E-state index contributed by atoms with van der Waals surface area (Å²) < 4.78 is 0. The van der Waals surface area contributed by atoms with Crippen molar-refractivity contribution in [3.63, 3.8) is 0 Å². The maximum Gasteiger partial charge on any atom is 0.234 e. The minimum atomic E-state index is -0.342. The number of halogens is 1. The van der Waals surface area contributed by atoms with Gasteiger partial charge >= 0.3 is 0 Å². The molecule has 1 fully saturated rings. The number of anilines is 1. The Kier molecular flexibility index (Phi) is 3.59. The van der Waals surface area contributed by atoms with E-state index in [9.17, 15) is 4.79 Å². The zero-order chi connectivity index (χ0) is 12.3. The third-order valence-corrected chi connectivity index (χ3v) is 3.46. The third-order valence-electron chi connectivity index (χ3n) is 3.25. The van der Waals surface area contributed by atoms with Crippen molar-refractivity contribution < 1.29 is 4.79 Å². The molecule has 2 N–H and O–H groups in total. The van der Waals surface area contributed by atoms with Crippen LogP contribution in [0.25, 0.3) is 0 Å². The second kappa shape index (κ2) is 4.98. The van der Waals surface area contributed by atoms with Gasteiger partial charge in [-0.05, 0) is 25.5 Å². The fourth-order valence-electron chi connectivity index (χ4n) is 2.03. The summed E-state index contributed by atoms with van der Waals surface area (Å²) in [6.07, 6.45) is 3.17. The molecular formula is C11H15ClN4O. The summed E-state index contributed by atoms with van der Waals surface area (Å²) in [5.41, 5.74) is -0.342. The smallest absolute Gasteiger partial charge is 0.234 e. The van der Waals surface area contributed by atoms with E-state index in [1.54, 1.807) is 6.07 Å².